The Kier molecular flexibility index (Phi) is 3.42. The van der Waals surface area contributed by atoms with Gasteiger partial charge in [-0.05, 0) is 42.2 Å². The van der Waals surface area contributed by atoms with Crippen LogP contribution in [0.2, 0.25) is 0 Å². The molecule has 0 bridgehead atoms. The number of benzene rings is 2. The van der Waals surface area contributed by atoms with Crippen molar-refractivity contribution in [2.24, 2.45) is 0 Å². The molecular weight excluding hydrogens is 218 g/mol. The number of nitrogens with one attached hydrogen (secondary N) is 1. The highest BCUT2D eigenvalue weighted by Crippen LogP contribution is 2.26. The maximum absolute atomic E-state index is 3.44. The van der Waals surface area contributed by atoms with Gasteiger partial charge in [-0.2, -0.15) is 0 Å². The summed E-state index contributed by atoms with van der Waals surface area (Å²) < 4.78 is 0. The van der Waals surface area contributed by atoms with E-state index in [1.54, 1.807) is 0 Å². The summed E-state index contributed by atoms with van der Waals surface area (Å²) in [6, 6.07) is 17.1. The van der Waals surface area contributed by atoms with Gasteiger partial charge < -0.3 is 5.32 Å². The molecule has 0 aliphatic carbocycles. The highest BCUT2D eigenvalue weighted by atomic mass is 14.9. The molecule has 0 unspecified atom stereocenters. The summed E-state index contributed by atoms with van der Waals surface area (Å²) in [6.07, 6.45) is 0. The van der Waals surface area contributed by atoms with Crippen molar-refractivity contribution in [3.8, 4) is 0 Å². The van der Waals surface area contributed by atoms with E-state index in [-0.39, 0.29) is 5.41 Å². The molecule has 0 spiro atoms. The molecular formula is C17H21N. The van der Waals surface area contributed by atoms with Crippen LogP contribution in [0.4, 0.5) is 11.4 Å². The van der Waals surface area contributed by atoms with Crippen LogP contribution in [-0.2, 0) is 5.41 Å². The normalized spacial score (nSPS) is 11.3. The maximum Gasteiger partial charge on any atom is 0.0387 e. The van der Waals surface area contributed by atoms with Gasteiger partial charge >= 0.3 is 0 Å². The zero-order valence-electron chi connectivity index (χ0n) is 11.6. The Morgan fingerprint density at radius 3 is 2.11 bits per heavy atom. The zero-order valence-corrected chi connectivity index (χ0v) is 11.6. The third-order valence-corrected chi connectivity index (χ3v) is 3.07. The van der Waals surface area contributed by atoms with E-state index in [1.165, 1.54) is 11.1 Å². The van der Waals surface area contributed by atoms with Gasteiger partial charge in [0.1, 0.15) is 0 Å². The summed E-state index contributed by atoms with van der Waals surface area (Å²) in [5.41, 5.74) is 5.09. The lowest BCUT2D eigenvalue weighted by molar-refractivity contribution is 0.590. The van der Waals surface area contributed by atoms with Crippen molar-refractivity contribution in [3.63, 3.8) is 0 Å². The van der Waals surface area contributed by atoms with Crippen molar-refractivity contribution in [3.05, 3.63) is 59.7 Å². The number of aryl methyl sites for hydroxylation is 1. The molecule has 18 heavy (non-hydrogen) atoms. The Bertz CT molecular complexity index is 518. The summed E-state index contributed by atoms with van der Waals surface area (Å²) in [5, 5.41) is 3.44. The average Bonchev–Trinajstić information content (AvgIpc) is 2.31. The first-order valence-electron chi connectivity index (χ1n) is 6.39. The summed E-state index contributed by atoms with van der Waals surface area (Å²) in [7, 11) is 0. The molecule has 94 valence electrons. The van der Waals surface area contributed by atoms with Crippen LogP contribution < -0.4 is 5.32 Å². The minimum Gasteiger partial charge on any atom is -0.356 e. The molecule has 1 heteroatoms. The lowest BCUT2D eigenvalue weighted by Crippen LogP contribution is -2.10. The van der Waals surface area contributed by atoms with Gasteiger partial charge in [0, 0.05) is 11.4 Å². The zero-order chi connectivity index (χ0) is 13.2. The fraction of sp³-hybridized carbons (Fsp3) is 0.294. The molecule has 0 aromatic heterocycles. The van der Waals surface area contributed by atoms with Crippen LogP contribution in [0.15, 0.2) is 48.5 Å². The summed E-state index contributed by atoms with van der Waals surface area (Å²) in [4.78, 5) is 0. The van der Waals surface area contributed by atoms with Crippen molar-refractivity contribution in [2.45, 2.75) is 33.1 Å². The van der Waals surface area contributed by atoms with E-state index in [9.17, 15) is 0 Å². The van der Waals surface area contributed by atoms with E-state index >= 15 is 0 Å². The Morgan fingerprint density at radius 1 is 0.833 bits per heavy atom. The Labute approximate surface area is 110 Å². The van der Waals surface area contributed by atoms with E-state index in [2.05, 4.69) is 81.5 Å². The fourth-order valence-corrected chi connectivity index (χ4v) is 1.87. The molecule has 0 aliphatic heterocycles. The molecule has 2 aromatic rings. The topological polar surface area (TPSA) is 12.0 Å². The molecule has 2 aromatic carbocycles. The van der Waals surface area contributed by atoms with Crippen LogP contribution >= 0.6 is 0 Å². The molecule has 2 rings (SSSR count). The van der Waals surface area contributed by atoms with E-state index in [1.807, 2.05) is 0 Å². The van der Waals surface area contributed by atoms with Gasteiger partial charge in [-0.3, -0.25) is 0 Å². The Morgan fingerprint density at radius 2 is 1.50 bits per heavy atom. The van der Waals surface area contributed by atoms with Crippen LogP contribution in [-0.4, -0.2) is 0 Å². The fourth-order valence-electron chi connectivity index (χ4n) is 1.87. The van der Waals surface area contributed by atoms with E-state index in [0.717, 1.165) is 11.4 Å². The van der Waals surface area contributed by atoms with Crippen molar-refractivity contribution in [1.82, 2.24) is 0 Å². The second kappa shape index (κ2) is 4.85. The number of hydrogen-bond donors (Lipinski definition) is 1. The van der Waals surface area contributed by atoms with Crippen LogP contribution in [0.1, 0.15) is 31.9 Å². The molecule has 0 saturated heterocycles. The lowest BCUT2D eigenvalue weighted by atomic mass is 9.87. The van der Waals surface area contributed by atoms with Gasteiger partial charge in [0.25, 0.3) is 0 Å². The molecule has 0 atom stereocenters. The van der Waals surface area contributed by atoms with Crippen molar-refractivity contribution in [1.29, 1.82) is 0 Å². The Hall–Kier alpha value is -1.76. The van der Waals surface area contributed by atoms with Crippen molar-refractivity contribution >= 4 is 11.4 Å². The van der Waals surface area contributed by atoms with Gasteiger partial charge in [-0.25, -0.2) is 0 Å². The molecule has 0 radical (unpaired) electrons. The first-order valence-corrected chi connectivity index (χ1v) is 6.39. The summed E-state index contributed by atoms with van der Waals surface area (Å²) >= 11 is 0. The molecule has 0 fully saturated rings. The first kappa shape index (κ1) is 12.7. The smallest absolute Gasteiger partial charge is 0.0387 e. The van der Waals surface area contributed by atoms with Gasteiger partial charge in [0.05, 0.1) is 0 Å². The van der Waals surface area contributed by atoms with Crippen LogP contribution in [0.5, 0.6) is 0 Å². The van der Waals surface area contributed by atoms with E-state index < -0.39 is 0 Å². The van der Waals surface area contributed by atoms with Gasteiger partial charge in [0.2, 0.25) is 0 Å². The highest BCUT2D eigenvalue weighted by molar-refractivity contribution is 5.60. The Balaban J connectivity index is 2.22. The first-order chi connectivity index (χ1) is 8.45. The minimum absolute atomic E-state index is 0.185. The maximum atomic E-state index is 3.44. The van der Waals surface area contributed by atoms with E-state index in [0.29, 0.717) is 0 Å². The van der Waals surface area contributed by atoms with Crippen molar-refractivity contribution < 1.29 is 0 Å². The van der Waals surface area contributed by atoms with Gasteiger partial charge in [-0.1, -0.05) is 50.6 Å². The largest absolute Gasteiger partial charge is 0.356 e. The molecule has 0 amide bonds. The standard InChI is InChI=1S/C17H21N/c1-13-8-10-15(11-9-13)18-16-7-5-6-14(12-16)17(2,3)4/h5-12,18H,1-4H3. The van der Waals surface area contributed by atoms with Crippen molar-refractivity contribution in [2.75, 3.05) is 5.32 Å². The van der Waals surface area contributed by atoms with Crippen LogP contribution in [0.3, 0.4) is 0 Å². The monoisotopic (exact) mass is 239 g/mol. The number of hydrogen-bond acceptors (Lipinski definition) is 1. The summed E-state index contributed by atoms with van der Waals surface area (Å²) in [6.45, 7) is 8.80. The quantitative estimate of drug-likeness (QED) is 0.774. The average molecular weight is 239 g/mol. The highest BCUT2D eigenvalue weighted by Gasteiger charge is 2.13. The van der Waals surface area contributed by atoms with Crippen LogP contribution in [0, 0.1) is 6.92 Å². The molecule has 0 saturated carbocycles. The predicted octanol–water partition coefficient (Wildman–Crippen LogP) is 5.04. The molecule has 0 aliphatic rings. The lowest BCUT2D eigenvalue weighted by Gasteiger charge is -2.20. The van der Waals surface area contributed by atoms with Crippen LogP contribution in [0.25, 0.3) is 0 Å². The molecule has 1 N–H and O–H groups in total. The molecule has 0 heterocycles. The SMILES string of the molecule is Cc1ccc(Nc2cccc(C(C)(C)C)c2)cc1. The number of anilines is 2. The number of rotatable bonds is 2. The third kappa shape index (κ3) is 3.13. The second-order valence-electron chi connectivity index (χ2n) is 5.82. The molecule has 1 nitrogen and oxygen atoms in total. The predicted molar refractivity (Wildman–Crippen MR) is 79.6 cm³/mol. The van der Waals surface area contributed by atoms with Gasteiger partial charge in [-0.15, -0.1) is 0 Å². The minimum atomic E-state index is 0.185. The van der Waals surface area contributed by atoms with E-state index in [4.69, 9.17) is 0 Å². The van der Waals surface area contributed by atoms with Gasteiger partial charge in [0.15, 0.2) is 0 Å². The third-order valence-electron chi connectivity index (χ3n) is 3.07. The summed E-state index contributed by atoms with van der Waals surface area (Å²) in [5.74, 6) is 0. The second-order valence-corrected chi connectivity index (χ2v) is 5.82.